The first-order valence-electron chi connectivity index (χ1n) is 8.02. The predicted molar refractivity (Wildman–Crippen MR) is 93.4 cm³/mol. The van der Waals surface area contributed by atoms with E-state index in [2.05, 4.69) is 30.8 Å². The zero-order valence-electron chi connectivity index (χ0n) is 13.7. The third kappa shape index (κ3) is 3.21. The van der Waals surface area contributed by atoms with Crippen molar-refractivity contribution in [2.24, 2.45) is 5.92 Å². The maximum atomic E-state index is 12.4. The summed E-state index contributed by atoms with van der Waals surface area (Å²) in [6.45, 7) is 7.75. The molecule has 0 radical (unpaired) electrons. The van der Waals surface area contributed by atoms with Crippen LogP contribution in [0.1, 0.15) is 40.9 Å². The minimum atomic E-state index is -0.493. The number of benzene rings is 2. The second kappa shape index (κ2) is 6.04. The van der Waals surface area contributed by atoms with Gasteiger partial charge in [0, 0.05) is 5.92 Å². The molecule has 2 aromatic carbocycles. The van der Waals surface area contributed by atoms with Gasteiger partial charge >= 0.3 is 5.97 Å². The Morgan fingerprint density at radius 3 is 2.17 bits per heavy atom. The SMILES string of the molecule is C=Cc1ccc(C(=O)OC(C)(C)C2Cc3ccccc3C2)cc1. The lowest BCUT2D eigenvalue weighted by atomic mass is 9.88. The molecule has 0 saturated heterocycles. The Kier molecular flexibility index (Phi) is 4.08. The minimum absolute atomic E-state index is 0.262. The summed E-state index contributed by atoms with van der Waals surface area (Å²) >= 11 is 0. The van der Waals surface area contributed by atoms with Gasteiger partial charge in [0.2, 0.25) is 0 Å². The fourth-order valence-corrected chi connectivity index (χ4v) is 3.19. The van der Waals surface area contributed by atoms with Crippen LogP contribution in [0.5, 0.6) is 0 Å². The predicted octanol–water partition coefficient (Wildman–Crippen LogP) is 4.68. The normalized spacial score (nSPS) is 14.3. The van der Waals surface area contributed by atoms with Crippen molar-refractivity contribution in [1.29, 1.82) is 0 Å². The van der Waals surface area contributed by atoms with Gasteiger partial charge in [-0.1, -0.05) is 49.1 Å². The van der Waals surface area contributed by atoms with Crippen molar-refractivity contribution in [3.05, 3.63) is 77.4 Å². The number of carbonyl (C=O) groups excluding carboxylic acids is 1. The van der Waals surface area contributed by atoms with Crippen LogP contribution in [-0.4, -0.2) is 11.6 Å². The summed E-state index contributed by atoms with van der Waals surface area (Å²) in [5.41, 5.74) is 3.83. The molecule has 0 aromatic heterocycles. The van der Waals surface area contributed by atoms with Crippen molar-refractivity contribution < 1.29 is 9.53 Å². The van der Waals surface area contributed by atoms with Crippen LogP contribution < -0.4 is 0 Å². The Hall–Kier alpha value is -2.35. The van der Waals surface area contributed by atoms with Crippen LogP contribution in [-0.2, 0) is 17.6 Å². The second-order valence-corrected chi connectivity index (χ2v) is 6.69. The van der Waals surface area contributed by atoms with Crippen LogP contribution in [0.2, 0.25) is 0 Å². The molecule has 0 amide bonds. The average molecular weight is 306 g/mol. The lowest BCUT2D eigenvalue weighted by molar-refractivity contribution is -0.0278. The monoisotopic (exact) mass is 306 g/mol. The summed E-state index contributed by atoms with van der Waals surface area (Å²) < 4.78 is 5.85. The molecule has 0 fully saturated rings. The minimum Gasteiger partial charge on any atom is -0.456 e. The molecule has 2 heteroatoms. The van der Waals surface area contributed by atoms with Crippen LogP contribution in [0.4, 0.5) is 0 Å². The number of hydrogen-bond acceptors (Lipinski definition) is 2. The van der Waals surface area contributed by atoms with E-state index < -0.39 is 5.60 Å². The summed E-state index contributed by atoms with van der Waals surface area (Å²) in [6, 6.07) is 15.8. The second-order valence-electron chi connectivity index (χ2n) is 6.69. The van der Waals surface area contributed by atoms with Gasteiger partial charge < -0.3 is 4.74 Å². The fourth-order valence-electron chi connectivity index (χ4n) is 3.19. The van der Waals surface area contributed by atoms with Gasteiger partial charge in [-0.15, -0.1) is 0 Å². The topological polar surface area (TPSA) is 26.3 Å². The zero-order valence-corrected chi connectivity index (χ0v) is 13.7. The number of hydrogen-bond donors (Lipinski definition) is 0. The molecule has 118 valence electrons. The zero-order chi connectivity index (χ0) is 16.4. The smallest absolute Gasteiger partial charge is 0.338 e. The highest BCUT2D eigenvalue weighted by Crippen LogP contribution is 2.36. The number of carbonyl (C=O) groups is 1. The molecule has 1 aliphatic rings. The number of fused-ring (bicyclic) bond motifs is 1. The highest BCUT2D eigenvalue weighted by atomic mass is 16.6. The van der Waals surface area contributed by atoms with E-state index in [9.17, 15) is 4.79 Å². The summed E-state index contributed by atoms with van der Waals surface area (Å²) in [4.78, 5) is 12.4. The highest BCUT2D eigenvalue weighted by Gasteiger charge is 2.37. The molecule has 1 aliphatic carbocycles. The van der Waals surface area contributed by atoms with Crippen molar-refractivity contribution in [2.75, 3.05) is 0 Å². The van der Waals surface area contributed by atoms with E-state index in [1.807, 2.05) is 26.0 Å². The van der Waals surface area contributed by atoms with E-state index >= 15 is 0 Å². The molecule has 0 bridgehead atoms. The fraction of sp³-hybridized carbons (Fsp3) is 0.286. The Bertz CT molecular complexity index is 701. The van der Waals surface area contributed by atoms with E-state index in [1.165, 1.54) is 11.1 Å². The molecular formula is C21H22O2. The van der Waals surface area contributed by atoms with E-state index in [1.54, 1.807) is 18.2 Å². The van der Waals surface area contributed by atoms with Gasteiger partial charge in [0.25, 0.3) is 0 Å². The van der Waals surface area contributed by atoms with Gasteiger partial charge in [-0.25, -0.2) is 4.79 Å². The van der Waals surface area contributed by atoms with E-state index in [0.29, 0.717) is 11.5 Å². The standard InChI is InChI=1S/C21H22O2/c1-4-15-9-11-16(12-10-15)20(22)23-21(2,3)19-13-17-7-5-6-8-18(17)14-19/h4-12,19H,1,13-14H2,2-3H3. The number of esters is 1. The first kappa shape index (κ1) is 15.5. The Labute approximate surface area is 137 Å². The quantitative estimate of drug-likeness (QED) is 0.767. The Morgan fingerprint density at radius 2 is 1.65 bits per heavy atom. The van der Waals surface area contributed by atoms with Crippen molar-refractivity contribution in [3.63, 3.8) is 0 Å². The largest absolute Gasteiger partial charge is 0.456 e. The van der Waals surface area contributed by atoms with Gasteiger partial charge in [-0.3, -0.25) is 0 Å². The van der Waals surface area contributed by atoms with Gasteiger partial charge in [0.05, 0.1) is 5.56 Å². The van der Waals surface area contributed by atoms with Crippen LogP contribution in [0.3, 0.4) is 0 Å². The van der Waals surface area contributed by atoms with Gasteiger partial charge in [0.1, 0.15) is 5.60 Å². The van der Waals surface area contributed by atoms with Gasteiger partial charge in [-0.05, 0) is 55.5 Å². The molecule has 3 rings (SSSR count). The lowest BCUT2D eigenvalue weighted by Crippen LogP contribution is -2.37. The molecule has 0 atom stereocenters. The van der Waals surface area contributed by atoms with Crippen LogP contribution in [0, 0.1) is 5.92 Å². The molecule has 2 aromatic rings. The molecule has 23 heavy (non-hydrogen) atoms. The van der Waals surface area contributed by atoms with Crippen LogP contribution in [0.25, 0.3) is 6.08 Å². The maximum absolute atomic E-state index is 12.4. The highest BCUT2D eigenvalue weighted by molar-refractivity contribution is 5.90. The van der Waals surface area contributed by atoms with Crippen molar-refractivity contribution in [3.8, 4) is 0 Å². The van der Waals surface area contributed by atoms with Gasteiger partial charge in [-0.2, -0.15) is 0 Å². The molecule has 0 heterocycles. The van der Waals surface area contributed by atoms with Crippen LogP contribution in [0.15, 0.2) is 55.1 Å². The molecule has 0 saturated carbocycles. The number of rotatable bonds is 4. The molecule has 0 aliphatic heterocycles. The first-order chi connectivity index (χ1) is 11.0. The summed E-state index contributed by atoms with van der Waals surface area (Å²) in [6.07, 6.45) is 3.69. The Morgan fingerprint density at radius 1 is 1.09 bits per heavy atom. The number of ether oxygens (including phenoxy) is 1. The van der Waals surface area contributed by atoms with E-state index in [4.69, 9.17) is 4.74 Å². The van der Waals surface area contributed by atoms with Gasteiger partial charge in [0.15, 0.2) is 0 Å². The molecule has 0 spiro atoms. The van der Waals surface area contributed by atoms with E-state index in [-0.39, 0.29) is 5.97 Å². The summed E-state index contributed by atoms with van der Waals surface area (Å²) in [7, 11) is 0. The van der Waals surface area contributed by atoms with Crippen molar-refractivity contribution >= 4 is 12.0 Å². The van der Waals surface area contributed by atoms with Crippen molar-refractivity contribution in [2.45, 2.75) is 32.3 Å². The van der Waals surface area contributed by atoms with Crippen LogP contribution >= 0.6 is 0 Å². The maximum Gasteiger partial charge on any atom is 0.338 e. The Balaban J connectivity index is 1.71. The average Bonchev–Trinajstić information content (AvgIpc) is 2.99. The van der Waals surface area contributed by atoms with E-state index in [0.717, 1.165) is 18.4 Å². The molecular weight excluding hydrogens is 284 g/mol. The molecule has 0 unspecified atom stereocenters. The summed E-state index contributed by atoms with van der Waals surface area (Å²) in [5.74, 6) is 0.0536. The molecule has 0 N–H and O–H groups in total. The third-order valence-corrected chi connectivity index (χ3v) is 4.77. The lowest BCUT2D eigenvalue weighted by Gasteiger charge is -2.31. The summed E-state index contributed by atoms with van der Waals surface area (Å²) in [5, 5.41) is 0. The van der Waals surface area contributed by atoms with Crippen molar-refractivity contribution in [1.82, 2.24) is 0 Å². The third-order valence-electron chi connectivity index (χ3n) is 4.77. The first-order valence-corrected chi connectivity index (χ1v) is 8.02. The molecule has 2 nitrogen and oxygen atoms in total.